The lowest BCUT2D eigenvalue weighted by atomic mass is 10.0. The van der Waals surface area contributed by atoms with Crippen molar-refractivity contribution in [2.75, 3.05) is 23.3 Å². The van der Waals surface area contributed by atoms with Gasteiger partial charge in [0, 0.05) is 19.1 Å². The fraction of sp³-hybridized carbons (Fsp3) is 0.278. The number of nitrogens with zero attached hydrogens (tertiary/aromatic N) is 2. The van der Waals surface area contributed by atoms with Crippen LogP contribution in [0.25, 0.3) is 10.2 Å². The molecule has 0 radical (unpaired) electrons. The minimum atomic E-state index is -2.17. The van der Waals surface area contributed by atoms with Crippen molar-refractivity contribution < 1.29 is 27.1 Å². The van der Waals surface area contributed by atoms with E-state index in [1.165, 1.54) is 11.3 Å². The maximum atomic E-state index is 13.8. The first-order valence-corrected chi connectivity index (χ1v) is 9.29. The monoisotopic (exact) mass is 415 g/mol. The fourth-order valence-corrected chi connectivity index (χ4v) is 4.24. The second kappa shape index (κ2) is 7.08. The van der Waals surface area contributed by atoms with E-state index in [1.54, 1.807) is 18.2 Å². The van der Waals surface area contributed by atoms with Crippen LogP contribution in [0, 0.1) is 29.1 Å². The Bertz CT molecular complexity index is 1020. The molecule has 0 amide bonds. The van der Waals surface area contributed by atoms with Gasteiger partial charge in [-0.3, -0.25) is 0 Å². The number of aromatic nitrogens is 1. The number of phenolic OH excluding ortho intramolecular Hbond substituents is 1. The van der Waals surface area contributed by atoms with Gasteiger partial charge in [-0.15, -0.1) is 0 Å². The molecule has 0 aliphatic carbocycles. The third-order valence-electron chi connectivity index (χ3n) is 4.68. The van der Waals surface area contributed by atoms with Crippen molar-refractivity contribution in [1.82, 2.24) is 4.98 Å². The van der Waals surface area contributed by atoms with Crippen molar-refractivity contribution >= 4 is 32.4 Å². The Morgan fingerprint density at radius 1 is 0.964 bits per heavy atom. The lowest BCUT2D eigenvalue weighted by Gasteiger charge is -2.32. The van der Waals surface area contributed by atoms with Gasteiger partial charge in [-0.25, -0.2) is 26.9 Å². The van der Waals surface area contributed by atoms with Crippen molar-refractivity contribution in [3.63, 3.8) is 0 Å². The number of anilines is 2. The second-order valence-corrected chi connectivity index (χ2v) is 7.51. The van der Waals surface area contributed by atoms with Gasteiger partial charge in [0.15, 0.2) is 28.4 Å². The molecule has 1 saturated heterocycles. The van der Waals surface area contributed by atoms with Crippen LogP contribution in [0.4, 0.5) is 32.8 Å². The smallest absolute Gasteiger partial charge is 0.200 e. The average molecular weight is 415 g/mol. The summed E-state index contributed by atoms with van der Waals surface area (Å²) in [4.78, 5) is 6.48. The highest BCUT2D eigenvalue weighted by Crippen LogP contribution is 2.33. The third-order valence-corrected chi connectivity index (χ3v) is 5.76. The number of aromatic hydroxyl groups is 1. The summed E-state index contributed by atoms with van der Waals surface area (Å²) in [5.41, 5.74) is -0.246. The van der Waals surface area contributed by atoms with E-state index < -0.39 is 40.8 Å². The second-order valence-electron chi connectivity index (χ2n) is 6.50. The molecule has 1 aliphatic heterocycles. The maximum absolute atomic E-state index is 13.8. The van der Waals surface area contributed by atoms with Gasteiger partial charge in [0.25, 0.3) is 0 Å². The number of fused-ring (bicyclic) bond motifs is 1. The number of hydrogen-bond acceptors (Lipinski definition) is 5. The SMILES string of the molecule is Oc1ccc2nc(N3CCC(Nc4c(F)c(F)c(F)c(F)c4F)CC3)sc2c1. The highest BCUT2D eigenvalue weighted by Gasteiger charge is 2.29. The van der Waals surface area contributed by atoms with Gasteiger partial charge in [-0.05, 0) is 31.0 Å². The van der Waals surface area contributed by atoms with Crippen LogP contribution in [0.5, 0.6) is 5.75 Å². The van der Waals surface area contributed by atoms with Crippen molar-refractivity contribution in [1.29, 1.82) is 0 Å². The highest BCUT2D eigenvalue weighted by atomic mass is 32.1. The molecule has 0 spiro atoms. The summed E-state index contributed by atoms with van der Waals surface area (Å²) in [6, 6.07) is 4.44. The minimum Gasteiger partial charge on any atom is -0.508 e. The molecule has 0 saturated carbocycles. The van der Waals surface area contributed by atoms with Crippen LogP contribution in [-0.4, -0.2) is 29.2 Å². The van der Waals surface area contributed by atoms with Crippen LogP contribution in [-0.2, 0) is 0 Å². The molecule has 1 fully saturated rings. The molecule has 1 aliphatic rings. The Morgan fingerprint density at radius 3 is 2.21 bits per heavy atom. The summed E-state index contributed by atoms with van der Waals surface area (Å²) < 4.78 is 68.3. The van der Waals surface area contributed by atoms with Crippen molar-refractivity contribution in [2.24, 2.45) is 0 Å². The van der Waals surface area contributed by atoms with E-state index in [4.69, 9.17) is 0 Å². The van der Waals surface area contributed by atoms with Crippen molar-refractivity contribution in [3.05, 3.63) is 47.3 Å². The van der Waals surface area contributed by atoms with E-state index in [0.717, 1.165) is 15.3 Å². The van der Waals surface area contributed by atoms with Gasteiger partial charge in [0.1, 0.15) is 11.4 Å². The predicted molar refractivity (Wildman–Crippen MR) is 96.4 cm³/mol. The Kier molecular flexibility index (Phi) is 4.74. The molecule has 148 valence electrons. The Hall–Kier alpha value is -2.62. The fourth-order valence-electron chi connectivity index (χ4n) is 3.19. The normalized spacial score (nSPS) is 15.4. The zero-order valence-electron chi connectivity index (χ0n) is 14.3. The van der Waals surface area contributed by atoms with Gasteiger partial charge in [-0.2, -0.15) is 0 Å². The van der Waals surface area contributed by atoms with E-state index >= 15 is 0 Å². The first-order chi connectivity index (χ1) is 13.3. The predicted octanol–water partition coefficient (Wildman–Crippen LogP) is 4.78. The van der Waals surface area contributed by atoms with E-state index in [0.29, 0.717) is 25.9 Å². The number of benzene rings is 2. The molecule has 28 heavy (non-hydrogen) atoms. The minimum absolute atomic E-state index is 0.147. The number of hydrogen-bond donors (Lipinski definition) is 2. The van der Waals surface area contributed by atoms with E-state index in [9.17, 15) is 27.1 Å². The van der Waals surface area contributed by atoms with E-state index in [2.05, 4.69) is 10.3 Å². The first-order valence-electron chi connectivity index (χ1n) is 8.47. The molecule has 0 atom stereocenters. The summed E-state index contributed by atoms with van der Waals surface area (Å²) in [5, 5.41) is 12.7. The van der Waals surface area contributed by atoms with Gasteiger partial charge in [0.2, 0.25) is 5.82 Å². The Labute approximate surface area is 160 Å². The molecule has 4 nitrogen and oxygen atoms in total. The zero-order chi connectivity index (χ0) is 20.0. The van der Waals surface area contributed by atoms with Gasteiger partial charge in [0.05, 0.1) is 10.2 Å². The van der Waals surface area contributed by atoms with Gasteiger partial charge >= 0.3 is 0 Å². The molecular weight excluding hydrogens is 401 g/mol. The average Bonchev–Trinajstić information content (AvgIpc) is 3.12. The molecule has 2 heterocycles. The standard InChI is InChI=1S/C18H14F5N3OS/c19-12-13(20)15(22)17(16(23)14(12)21)24-8-3-5-26(6-4-8)18-25-10-2-1-9(27)7-11(10)28-18/h1-2,7-8,24,27H,3-6H2. The maximum Gasteiger partial charge on any atom is 0.200 e. The van der Waals surface area contributed by atoms with Crippen LogP contribution < -0.4 is 10.2 Å². The van der Waals surface area contributed by atoms with Crippen LogP contribution in [0.1, 0.15) is 12.8 Å². The molecule has 0 unspecified atom stereocenters. The van der Waals surface area contributed by atoms with Gasteiger partial charge in [-0.1, -0.05) is 11.3 Å². The van der Waals surface area contributed by atoms with E-state index in [1.807, 2.05) is 4.90 Å². The van der Waals surface area contributed by atoms with Crippen LogP contribution >= 0.6 is 11.3 Å². The Balaban J connectivity index is 1.47. The summed E-state index contributed by atoms with van der Waals surface area (Å²) in [6.07, 6.45) is 0.862. The molecule has 3 aromatic rings. The number of phenols is 1. The largest absolute Gasteiger partial charge is 0.508 e. The van der Waals surface area contributed by atoms with Gasteiger partial charge < -0.3 is 15.3 Å². The topological polar surface area (TPSA) is 48.4 Å². The van der Waals surface area contributed by atoms with Crippen LogP contribution in [0.3, 0.4) is 0 Å². The van der Waals surface area contributed by atoms with Crippen molar-refractivity contribution in [3.8, 4) is 5.75 Å². The molecule has 10 heteroatoms. The molecule has 1 aromatic heterocycles. The summed E-state index contributed by atoms with van der Waals surface area (Å²) >= 11 is 1.41. The number of halogens is 5. The number of rotatable bonds is 3. The third kappa shape index (κ3) is 3.21. The van der Waals surface area contributed by atoms with Crippen molar-refractivity contribution in [2.45, 2.75) is 18.9 Å². The Morgan fingerprint density at radius 2 is 1.57 bits per heavy atom. The summed E-state index contributed by atoms with van der Waals surface area (Å²) in [7, 11) is 0. The summed E-state index contributed by atoms with van der Waals surface area (Å²) in [5.74, 6) is -9.66. The van der Waals surface area contributed by atoms with Crippen LogP contribution in [0.15, 0.2) is 18.2 Å². The highest BCUT2D eigenvalue weighted by molar-refractivity contribution is 7.22. The quantitative estimate of drug-likeness (QED) is 0.367. The molecule has 2 aromatic carbocycles. The molecule has 0 bridgehead atoms. The number of nitrogens with one attached hydrogen (secondary N) is 1. The lowest BCUT2D eigenvalue weighted by Crippen LogP contribution is -2.39. The van der Waals surface area contributed by atoms with Crippen LogP contribution in [0.2, 0.25) is 0 Å². The lowest BCUT2D eigenvalue weighted by molar-refractivity contribution is 0.379. The molecule has 2 N–H and O–H groups in total. The first kappa shape index (κ1) is 18.7. The van der Waals surface area contributed by atoms with E-state index in [-0.39, 0.29) is 5.75 Å². The zero-order valence-corrected chi connectivity index (χ0v) is 15.1. The number of thiazole rings is 1. The summed E-state index contributed by atoms with van der Waals surface area (Å²) in [6.45, 7) is 0.998. The number of piperidine rings is 1. The molecular formula is C18H14F5N3OS. The molecule has 4 rings (SSSR count).